The van der Waals surface area contributed by atoms with Gasteiger partial charge in [-0.05, 0) is 12.1 Å². The van der Waals surface area contributed by atoms with Crippen molar-refractivity contribution in [1.29, 1.82) is 0 Å². The molecule has 1 heterocycles. The second-order valence-corrected chi connectivity index (χ2v) is 3.64. The van der Waals surface area contributed by atoms with Gasteiger partial charge < -0.3 is 10.6 Å². The Hall–Kier alpha value is -3.23. The Balaban J connectivity index is 2.19. The molecule has 1 aromatic heterocycles. The Morgan fingerprint density at radius 2 is 1.95 bits per heavy atom. The molecular weight excluding hydrogens is 268 g/mol. The maximum atomic E-state index is 11.7. The summed E-state index contributed by atoms with van der Waals surface area (Å²) in [5.41, 5.74) is 4.33. The summed E-state index contributed by atoms with van der Waals surface area (Å²) in [6, 6.07) is 6.03. The molecule has 0 atom stereocenters. The molecule has 2 aromatic rings. The lowest BCUT2D eigenvalue weighted by molar-refractivity contribution is -0.384. The molecule has 0 fully saturated rings. The number of nitro groups is 1. The average Bonchev–Trinajstić information content (AvgIpc) is 2.42. The summed E-state index contributed by atoms with van der Waals surface area (Å²) in [5, 5.41) is 10.5. The minimum absolute atomic E-state index is 0.00219. The molecule has 20 heavy (non-hydrogen) atoms. The summed E-state index contributed by atoms with van der Waals surface area (Å²) in [7, 11) is 0. The van der Waals surface area contributed by atoms with Crippen LogP contribution in [0.3, 0.4) is 0 Å². The quantitative estimate of drug-likeness (QED) is 0.616. The van der Waals surface area contributed by atoms with Gasteiger partial charge in [0.1, 0.15) is 5.82 Å². The first-order valence-corrected chi connectivity index (χ1v) is 5.29. The van der Waals surface area contributed by atoms with Crippen molar-refractivity contribution in [2.75, 3.05) is 5.73 Å². The number of aromatic nitrogens is 2. The Morgan fingerprint density at radius 3 is 2.50 bits per heavy atom. The molecule has 0 amide bonds. The van der Waals surface area contributed by atoms with Crippen molar-refractivity contribution in [2.45, 2.75) is 0 Å². The molecule has 0 unspecified atom stereocenters. The number of carbonyl (C=O) groups excluding carboxylic acids is 1. The molecule has 1 aromatic carbocycles. The normalized spacial score (nSPS) is 10.0. The van der Waals surface area contributed by atoms with Crippen LogP contribution in [-0.2, 0) is 0 Å². The largest absolute Gasteiger partial charge is 0.383 e. The summed E-state index contributed by atoms with van der Waals surface area (Å²) < 4.78 is 0.611. The van der Waals surface area contributed by atoms with E-state index in [-0.39, 0.29) is 17.1 Å². The van der Waals surface area contributed by atoms with Crippen LogP contribution in [0.2, 0.25) is 0 Å². The van der Waals surface area contributed by atoms with Crippen LogP contribution in [0.1, 0.15) is 10.4 Å². The number of nitrogen functional groups attached to an aromatic ring is 1. The molecule has 0 aliphatic heterocycles. The lowest BCUT2D eigenvalue weighted by atomic mass is 10.2. The standard InChI is InChI=1S/C11H8N4O5/c12-9-5-6-14(11(17)13-9)20-10(16)7-1-3-8(4-2-7)15(18)19/h1-6H,(H2,12,13,17). The second-order valence-electron chi connectivity index (χ2n) is 3.64. The number of hydrogen-bond donors (Lipinski definition) is 1. The SMILES string of the molecule is Nc1ccn(OC(=O)c2ccc([N+](=O)[O-])cc2)c(=O)n1. The molecule has 0 spiro atoms. The van der Waals surface area contributed by atoms with Gasteiger partial charge in [-0.2, -0.15) is 4.98 Å². The van der Waals surface area contributed by atoms with Gasteiger partial charge in [0.25, 0.3) is 5.69 Å². The van der Waals surface area contributed by atoms with E-state index in [1.54, 1.807) is 0 Å². The number of carbonyl (C=O) groups is 1. The zero-order valence-electron chi connectivity index (χ0n) is 9.92. The zero-order valence-corrected chi connectivity index (χ0v) is 9.92. The third-order valence-electron chi connectivity index (χ3n) is 2.29. The van der Waals surface area contributed by atoms with E-state index >= 15 is 0 Å². The smallest absolute Gasteiger partial charge is 0.382 e. The van der Waals surface area contributed by atoms with Gasteiger partial charge in [0.2, 0.25) is 0 Å². The van der Waals surface area contributed by atoms with E-state index in [0.717, 1.165) is 18.3 Å². The molecule has 0 saturated carbocycles. The Morgan fingerprint density at radius 1 is 1.30 bits per heavy atom. The number of nitrogens with two attached hydrogens (primary N) is 1. The van der Waals surface area contributed by atoms with Crippen LogP contribution in [0.5, 0.6) is 0 Å². The predicted octanol–water partition coefficient (Wildman–Crippen LogP) is 0.00270. The van der Waals surface area contributed by atoms with Gasteiger partial charge >= 0.3 is 11.7 Å². The summed E-state index contributed by atoms with van der Waals surface area (Å²) >= 11 is 0. The number of non-ortho nitro benzene ring substituents is 1. The van der Waals surface area contributed by atoms with Crippen LogP contribution in [-0.4, -0.2) is 20.6 Å². The highest BCUT2D eigenvalue weighted by Crippen LogP contribution is 2.11. The van der Waals surface area contributed by atoms with Crippen LogP contribution < -0.4 is 16.3 Å². The number of anilines is 1. The van der Waals surface area contributed by atoms with Gasteiger partial charge in [-0.3, -0.25) is 10.1 Å². The fourth-order valence-electron chi connectivity index (χ4n) is 1.34. The van der Waals surface area contributed by atoms with Crippen LogP contribution in [0.25, 0.3) is 0 Å². The van der Waals surface area contributed by atoms with E-state index in [4.69, 9.17) is 10.6 Å². The average molecular weight is 276 g/mol. The summed E-state index contributed by atoms with van der Waals surface area (Å²) in [6.07, 6.45) is 1.15. The molecule has 0 radical (unpaired) electrons. The first-order valence-electron chi connectivity index (χ1n) is 5.29. The fraction of sp³-hybridized carbons (Fsp3) is 0. The minimum atomic E-state index is -0.853. The number of rotatable bonds is 3. The van der Waals surface area contributed by atoms with Gasteiger partial charge in [0.05, 0.1) is 16.7 Å². The van der Waals surface area contributed by atoms with Crippen molar-refractivity contribution in [1.82, 2.24) is 9.71 Å². The molecule has 102 valence electrons. The first-order chi connectivity index (χ1) is 9.47. The van der Waals surface area contributed by atoms with Crippen LogP contribution >= 0.6 is 0 Å². The van der Waals surface area contributed by atoms with Crippen LogP contribution in [0, 0.1) is 10.1 Å². The third-order valence-corrected chi connectivity index (χ3v) is 2.29. The highest BCUT2D eigenvalue weighted by atomic mass is 16.7. The van der Waals surface area contributed by atoms with Gasteiger partial charge in [0, 0.05) is 18.2 Å². The number of nitrogens with zero attached hydrogens (tertiary/aromatic N) is 3. The summed E-state index contributed by atoms with van der Waals surface area (Å²) in [6.45, 7) is 0. The molecule has 2 rings (SSSR count). The van der Waals surface area contributed by atoms with E-state index in [1.165, 1.54) is 18.2 Å². The fourth-order valence-corrected chi connectivity index (χ4v) is 1.34. The summed E-state index contributed by atoms with van der Waals surface area (Å²) in [5.74, 6) is -0.855. The molecule has 0 bridgehead atoms. The Labute approximate surface area is 111 Å². The number of benzene rings is 1. The van der Waals surface area contributed by atoms with Gasteiger partial charge in [-0.15, -0.1) is 4.73 Å². The zero-order chi connectivity index (χ0) is 14.7. The monoisotopic (exact) mass is 276 g/mol. The van der Waals surface area contributed by atoms with Crippen molar-refractivity contribution >= 4 is 17.5 Å². The van der Waals surface area contributed by atoms with E-state index in [9.17, 15) is 19.7 Å². The van der Waals surface area contributed by atoms with Crippen molar-refractivity contribution in [3.8, 4) is 0 Å². The Bertz CT molecular complexity index is 722. The van der Waals surface area contributed by atoms with Crippen LogP contribution in [0.15, 0.2) is 41.3 Å². The van der Waals surface area contributed by atoms with Crippen molar-refractivity contribution < 1.29 is 14.6 Å². The van der Waals surface area contributed by atoms with Crippen molar-refractivity contribution in [2.24, 2.45) is 0 Å². The van der Waals surface area contributed by atoms with Gasteiger partial charge in [-0.25, -0.2) is 9.59 Å². The number of nitro benzene ring substituents is 1. The highest BCUT2D eigenvalue weighted by molar-refractivity contribution is 5.89. The van der Waals surface area contributed by atoms with Gasteiger partial charge in [-0.1, -0.05) is 0 Å². The number of hydrogen-bond acceptors (Lipinski definition) is 7. The first kappa shape index (κ1) is 13.2. The van der Waals surface area contributed by atoms with E-state index in [2.05, 4.69) is 4.98 Å². The topological polar surface area (TPSA) is 130 Å². The molecule has 2 N–H and O–H groups in total. The molecule has 9 heteroatoms. The molecule has 0 aliphatic rings. The molecular formula is C11H8N4O5. The molecule has 9 nitrogen and oxygen atoms in total. The van der Waals surface area contributed by atoms with E-state index in [0.29, 0.717) is 4.73 Å². The summed E-state index contributed by atoms with van der Waals surface area (Å²) in [4.78, 5) is 41.1. The molecule has 0 saturated heterocycles. The van der Waals surface area contributed by atoms with E-state index in [1.807, 2.05) is 0 Å². The molecule has 0 aliphatic carbocycles. The van der Waals surface area contributed by atoms with Crippen molar-refractivity contribution in [3.05, 3.63) is 62.7 Å². The maximum Gasteiger partial charge on any atom is 0.382 e. The highest BCUT2D eigenvalue weighted by Gasteiger charge is 2.12. The maximum absolute atomic E-state index is 11.7. The van der Waals surface area contributed by atoms with E-state index < -0.39 is 16.6 Å². The third kappa shape index (κ3) is 2.77. The lowest BCUT2D eigenvalue weighted by Gasteiger charge is -2.05. The Kier molecular flexibility index (Phi) is 3.42. The van der Waals surface area contributed by atoms with Crippen LogP contribution in [0.4, 0.5) is 11.5 Å². The lowest BCUT2D eigenvalue weighted by Crippen LogP contribution is -2.32. The predicted molar refractivity (Wildman–Crippen MR) is 66.9 cm³/mol. The minimum Gasteiger partial charge on any atom is -0.383 e. The van der Waals surface area contributed by atoms with Crippen molar-refractivity contribution in [3.63, 3.8) is 0 Å². The van der Waals surface area contributed by atoms with Gasteiger partial charge in [0.15, 0.2) is 0 Å². The second kappa shape index (κ2) is 5.18.